The zero-order valence-corrected chi connectivity index (χ0v) is 17.3. The van der Waals surface area contributed by atoms with Gasteiger partial charge in [0.15, 0.2) is 0 Å². The van der Waals surface area contributed by atoms with Crippen molar-refractivity contribution in [3.8, 4) is 11.3 Å². The molecule has 0 saturated carbocycles. The van der Waals surface area contributed by atoms with Crippen molar-refractivity contribution in [2.75, 3.05) is 18.9 Å². The Balaban J connectivity index is 1.49. The second-order valence-corrected chi connectivity index (χ2v) is 8.27. The van der Waals surface area contributed by atoms with Crippen molar-refractivity contribution in [2.45, 2.75) is 33.2 Å². The van der Waals surface area contributed by atoms with Crippen LogP contribution >= 0.6 is 11.3 Å². The minimum absolute atomic E-state index is 0.708. The van der Waals surface area contributed by atoms with Crippen molar-refractivity contribution >= 4 is 17.0 Å². The first-order valence-corrected chi connectivity index (χ1v) is 10.5. The molecular formula is C23H29N3S. The lowest BCUT2D eigenvalue weighted by atomic mass is 10.0. The highest BCUT2D eigenvalue weighted by Crippen LogP contribution is 2.23. The molecule has 1 aromatic heterocycles. The van der Waals surface area contributed by atoms with Gasteiger partial charge in [-0.25, -0.2) is 4.98 Å². The number of nitrogens with zero attached hydrogens (tertiary/aromatic N) is 1. The van der Waals surface area contributed by atoms with Crippen LogP contribution < -0.4 is 10.6 Å². The van der Waals surface area contributed by atoms with Crippen LogP contribution in [0, 0.1) is 5.92 Å². The summed E-state index contributed by atoms with van der Waals surface area (Å²) in [6.07, 6.45) is 2.18. The zero-order chi connectivity index (χ0) is 19.1. The molecule has 0 aliphatic carbocycles. The van der Waals surface area contributed by atoms with Crippen LogP contribution in [0.15, 0.2) is 53.9 Å². The fourth-order valence-corrected chi connectivity index (χ4v) is 3.91. The number of hydrogen-bond acceptors (Lipinski definition) is 4. The number of rotatable bonds is 9. The normalized spacial score (nSPS) is 11.1. The lowest BCUT2D eigenvalue weighted by molar-refractivity contribution is 0.647. The number of benzene rings is 2. The van der Waals surface area contributed by atoms with Gasteiger partial charge in [0.1, 0.15) is 5.01 Å². The molecule has 27 heavy (non-hydrogen) atoms. The van der Waals surface area contributed by atoms with Gasteiger partial charge in [-0.05, 0) is 49.1 Å². The van der Waals surface area contributed by atoms with E-state index in [0.29, 0.717) is 5.92 Å². The van der Waals surface area contributed by atoms with Crippen LogP contribution in [-0.4, -0.2) is 18.6 Å². The maximum atomic E-state index is 4.66. The number of thiazole rings is 1. The van der Waals surface area contributed by atoms with Gasteiger partial charge in [0.2, 0.25) is 0 Å². The van der Waals surface area contributed by atoms with E-state index < -0.39 is 0 Å². The molecule has 4 heteroatoms. The van der Waals surface area contributed by atoms with Gasteiger partial charge in [0, 0.05) is 29.7 Å². The molecule has 3 rings (SSSR count). The molecule has 2 N–H and O–H groups in total. The molecule has 0 bridgehead atoms. The molecule has 1 heterocycles. The van der Waals surface area contributed by atoms with Crippen molar-refractivity contribution in [3.63, 3.8) is 0 Å². The number of aromatic nitrogens is 1. The van der Waals surface area contributed by atoms with Crippen LogP contribution in [0.25, 0.3) is 11.3 Å². The lowest BCUT2D eigenvalue weighted by Gasteiger charge is -2.09. The van der Waals surface area contributed by atoms with Crippen LogP contribution in [0.2, 0.25) is 0 Å². The Kier molecular flexibility index (Phi) is 7.02. The van der Waals surface area contributed by atoms with Crippen LogP contribution in [-0.2, 0) is 19.4 Å². The molecule has 0 unspecified atom stereocenters. The van der Waals surface area contributed by atoms with E-state index in [1.165, 1.54) is 16.7 Å². The molecule has 3 nitrogen and oxygen atoms in total. The quantitative estimate of drug-likeness (QED) is 0.524. The average molecular weight is 380 g/mol. The highest BCUT2D eigenvalue weighted by Gasteiger charge is 2.04. The maximum absolute atomic E-state index is 4.66. The smallest absolute Gasteiger partial charge is 0.107 e. The second-order valence-electron chi connectivity index (χ2n) is 7.33. The molecule has 0 amide bonds. The summed E-state index contributed by atoms with van der Waals surface area (Å²) in [5.74, 6) is 0.708. The van der Waals surface area contributed by atoms with E-state index in [1.54, 1.807) is 11.3 Å². The molecule has 0 fully saturated rings. The Labute approximate surface area is 166 Å². The maximum Gasteiger partial charge on any atom is 0.107 e. The second kappa shape index (κ2) is 9.67. The van der Waals surface area contributed by atoms with E-state index >= 15 is 0 Å². The monoisotopic (exact) mass is 379 g/mol. The Morgan fingerprint density at radius 3 is 2.33 bits per heavy atom. The predicted octanol–water partition coefficient (Wildman–Crippen LogP) is 5.38. The summed E-state index contributed by atoms with van der Waals surface area (Å²) in [7, 11) is 1.95. The van der Waals surface area contributed by atoms with Gasteiger partial charge in [0.25, 0.3) is 0 Å². The number of hydrogen-bond donors (Lipinski definition) is 2. The minimum Gasteiger partial charge on any atom is -0.385 e. The number of anilines is 1. The third-order valence-corrected chi connectivity index (χ3v) is 5.32. The summed E-state index contributed by atoms with van der Waals surface area (Å²) in [6.45, 7) is 6.28. The van der Waals surface area contributed by atoms with E-state index in [0.717, 1.165) is 42.3 Å². The van der Waals surface area contributed by atoms with Gasteiger partial charge in [-0.1, -0.05) is 50.2 Å². The van der Waals surface area contributed by atoms with E-state index in [9.17, 15) is 0 Å². The topological polar surface area (TPSA) is 37.0 Å². The molecule has 0 atom stereocenters. The zero-order valence-electron chi connectivity index (χ0n) is 16.5. The SMILES string of the molecule is CNCc1nc(-c2ccc(NCCc3ccc(CC(C)C)cc3)cc2)cs1. The van der Waals surface area contributed by atoms with Gasteiger partial charge in [0.05, 0.1) is 5.69 Å². The third kappa shape index (κ3) is 5.91. The minimum atomic E-state index is 0.708. The average Bonchev–Trinajstić information content (AvgIpc) is 3.12. The molecule has 0 spiro atoms. The molecule has 0 saturated heterocycles. The van der Waals surface area contributed by atoms with Gasteiger partial charge in [-0.2, -0.15) is 0 Å². The summed E-state index contributed by atoms with van der Waals surface area (Å²) in [4.78, 5) is 4.66. The Morgan fingerprint density at radius 2 is 1.67 bits per heavy atom. The largest absolute Gasteiger partial charge is 0.385 e. The molecule has 3 aromatic rings. The highest BCUT2D eigenvalue weighted by atomic mass is 32.1. The molecule has 142 valence electrons. The van der Waals surface area contributed by atoms with E-state index in [1.807, 2.05) is 7.05 Å². The van der Waals surface area contributed by atoms with Crippen molar-refractivity contribution < 1.29 is 0 Å². The van der Waals surface area contributed by atoms with Gasteiger partial charge in [-0.15, -0.1) is 11.3 Å². The summed E-state index contributed by atoms with van der Waals surface area (Å²) >= 11 is 1.70. The Hall–Kier alpha value is -2.17. The van der Waals surface area contributed by atoms with Gasteiger partial charge >= 0.3 is 0 Å². The summed E-state index contributed by atoms with van der Waals surface area (Å²) in [5.41, 5.74) is 6.18. The third-order valence-electron chi connectivity index (χ3n) is 4.47. The van der Waals surface area contributed by atoms with E-state index in [4.69, 9.17) is 0 Å². The highest BCUT2D eigenvalue weighted by molar-refractivity contribution is 7.09. The van der Waals surface area contributed by atoms with Crippen LogP contribution in [0.3, 0.4) is 0 Å². The fraction of sp³-hybridized carbons (Fsp3) is 0.348. The molecule has 2 aromatic carbocycles. The summed E-state index contributed by atoms with van der Waals surface area (Å²) < 4.78 is 0. The summed E-state index contributed by atoms with van der Waals surface area (Å²) in [6, 6.07) is 17.6. The fourth-order valence-electron chi connectivity index (χ4n) is 3.10. The molecule has 0 aliphatic heterocycles. The van der Waals surface area contributed by atoms with Crippen molar-refractivity contribution in [2.24, 2.45) is 5.92 Å². The van der Waals surface area contributed by atoms with E-state index in [2.05, 4.69) is 83.4 Å². The van der Waals surface area contributed by atoms with Crippen molar-refractivity contribution in [1.82, 2.24) is 10.3 Å². The lowest BCUT2D eigenvalue weighted by Crippen LogP contribution is -2.05. The van der Waals surface area contributed by atoms with Gasteiger partial charge < -0.3 is 10.6 Å². The standard InChI is InChI=1S/C23H29N3S/c1-17(2)14-19-6-4-18(5-7-19)12-13-25-21-10-8-20(9-11-21)22-16-27-23(26-22)15-24-3/h4-11,16-17,24-25H,12-15H2,1-3H3. The molecular weight excluding hydrogens is 350 g/mol. The van der Waals surface area contributed by atoms with Crippen molar-refractivity contribution in [3.05, 3.63) is 70.0 Å². The first-order valence-electron chi connectivity index (χ1n) is 9.65. The van der Waals surface area contributed by atoms with Gasteiger partial charge in [-0.3, -0.25) is 0 Å². The first kappa shape index (κ1) is 19.6. The number of nitrogens with one attached hydrogen (secondary N) is 2. The Morgan fingerprint density at radius 1 is 0.963 bits per heavy atom. The Bertz CT molecular complexity index is 820. The van der Waals surface area contributed by atoms with Crippen LogP contribution in [0.5, 0.6) is 0 Å². The van der Waals surface area contributed by atoms with Crippen LogP contribution in [0.4, 0.5) is 5.69 Å². The predicted molar refractivity (Wildman–Crippen MR) is 117 cm³/mol. The van der Waals surface area contributed by atoms with E-state index in [-0.39, 0.29) is 0 Å². The molecule has 0 aliphatic rings. The first-order chi connectivity index (χ1) is 13.1. The molecule has 0 radical (unpaired) electrons. The van der Waals surface area contributed by atoms with Crippen LogP contribution in [0.1, 0.15) is 30.0 Å². The summed E-state index contributed by atoms with van der Waals surface area (Å²) in [5, 5.41) is 9.90. The van der Waals surface area contributed by atoms with Crippen molar-refractivity contribution in [1.29, 1.82) is 0 Å².